The van der Waals surface area contributed by atoms with Crippen molar-refractivity contribution >= 4 is 40.9 Å². The van der Waals surface area contributed by atoms with Gasteiger partial charge in [-0.05, 0) is 43.3 Å². The molecule has 1 aromatic heterocycles. The normalized spacial score (nSPS) is 16.4. The van der Waals surface area contributed by atoms with Crippen LogP contribution in [0.15, 0.2) is 24.3 Å². The van der Waals surface area contributed by atoms with Crippen LogP contribution >= 0.6 is 11.8 Å². The summed E-state index contributed by atoms with van der Waals surface area (Å²) in [5.41, 5.74) is 9.09. The predicted molar refractivity (Wildman–Crippen MR) is 124 cm³/mol. The summed E-state index contributed by atoms with van der Waals surface area (Å²) in [7, 11) is 0. The third-order valence-corrected chi connectivity index (χ3v) is 5.99. The van der Waals surface area contributed by atoms with Crippen LogP contribution in [-0.4, -0.2) is 59.0 Å². The molecule has 9 heteroatoms. The number of benzene rings is 1. The van der Waals surface area contributed by atoms with Crippen molar-refractivity contribution in [2.75, 3.05) is 59.5 Å². The molecule has 160 valence electrons. The third kappa shape index (κ3) is 4.96. The second-order valence-corrected chi connectivity index (χ2v) is 8.74. The van der Waals surface area contributed by atoms with Crippen molar-refractivity contribution in [3.63, 3.8) is 0 Å². The van der Waals surface area contributed by atoms with Gasteiger partial charge >= 0.3 is 0 Å². The molecular formula is C21H29N7OS. The minimum atomic E-state index is -0.103. The molecule has 0 bridgehead atoms. The zero-order valence-corrected chi connectivity index (χ0v) is 18.2. The van der Waals surface area contributed by atoms with Gasteiger partial charge in [-0.25, -0.2) is 0 Å². The van der Waals surface area contributed by atoms with Crippen LogP contribution in [0.1, 0.15) is 24.0 Å². The van der Waals surface area contributed by atoms with Gasteiger partial charge in [-0.2, -0.15) is 21.7 Å². The average Bonchev–Trinajstić information content (AvgIpc) is 3.22. The first-order valence-electron chi connectivity index (χ1n) is 10.4. The maximum absolute atomic E-state index is 12.3. The van der Waals surface area contributed by atoms with Gasteiger partial charge in [-0.3, -0.25) is 9.69 Å². The molecule has 0 spiro atoms. The molecule has 8 nitrogen and oxygen atoms in total. The molecule has 3 heterocycles. The molecule has 0 radical (unpaired) electrons. The van der Waals surface area contributed by atoms with Crippen LogP contribution in [0.25, 0.3) is 0 Å². The van der Waals surface area contributed by atoms with Crippen LogP contribution in [0, 0.1) is 0 Å². The van der Waals surface area contributed by atoms with E-state index < -0.39 is 0 Å². The minimum Gasteiger partial charge on any atom is -0.382 e. The number of nitrogens with two attached hydrogens (primary N) is 1. The Bertz CT molecular complexity index is 901. The Labute approximate surface area is 181 Å². The zero-order chi connectivity index (χ0) is 20.9. The van der Waals surface area contributed by atoms with Crippen LogP contribution in [0.3, 0.4) is 0 Å². The lowest BCUT2D eigenvalue weighted by molar-refractivity contribution is -0.115. The predicted octanol–water partition coefficient (Wildman–Crippen LogP) is 2.39. The summed E-state index contributed by atoms with van der Waals surface area (Å²) in [6.45, 7) is 4.91. The summed E-state index contributed by atoms with van der Waals surface area (Å²) in [4.78, 5) is 25.7. The Morgan fingerprint density at radius 1 is 1.20 bits per heavy atom. The highest BCUT2D eigenvalue weighted by Gasteiger charge is 2.27. The molecule has 1 amide bonds. The van der Waals surface area contributed by atoms with Gasteiger partial charge in [0.15, 0.2) is 11.6 Å². The smallest absolute Gasteiger partial charge is 0.244 e. The standard InChI is InChI=1S/C21H29N7OS/c1-30-10-7-23-21-25-19(22)18-20(26-21)28(14-17(29)24-18)13-16-6-4-5-15(11-16)12-27-8-2-3-9-27/h4-6,11H,2-3,7-10,12-14H2,1H3,(H,24,29)(H3,22,23,25,26). The summed E-state index contributed by atoms with van der Waals surface area (Å²) in [5.74, 6) is 2.29. The molecule has 4 rings (SSSR count). The number of amides is 1. The number of nitrogens with zero attached hydrogens (tertiary/aromatic N) is 4. The first kappa shape index (κ1) is 20.7. The van der Waals surface area contributed by atoms with Crippen molar-refractivity contribution in [3.8, 4) is 0 Å². The molecule has 2 aromatic rings. The van der Waals surface area contributed by atoms with Gasteiger partial charge in [0, 0.05) is 25.4 Å². The van der Waals surface area contributed by atoms with E-state index >= 15 is 0 Å². The zero-order valence-electron chi connectivity index (χ0n) is 17.4. The number of fused-ring (bicyclic) bond motifs is 1. The van der Waals surface area contributed by atoms with Crippen molar-refractivity contribution in [3.05, 3.63) is 35.4 Å². The molecule has 4 N–H and O–H groups in total. The van der Waals surface area contributed by atoms with E-state index in [0.717, 1.165) is 24.4 Å². The highest BCUT2D eigenvalue weighted by Crippen LogP contribution is 2.33. The van der Waals surface area contributed by atoms with Gasteiger partial charge in [0.05, 0.1) is 6.54 Å². The molecule has 30 heavy (non-hydrogen) atoms. The number of nitrogen functional groups attached to an aromatic ring is 1. The van der Waals surface area contributed by atoms with Gasteiger partial charge < -0.3 is 21.3 Å². The van der Waals surface area contributed by atoms with Gasteiger partial charge in [-0.15, -0.1) is 0 Å². The Morgan fingerprint density at radius 2 is 1.97 bits per heavy atom. The number of rotatable bonds is 8. The summed E-state index contributed by atoms with van der Waals surface area (Å²) < 4.78 is 0. The number of carbonyl (C=O) groups is 1. The van der Waals surface area contributed by atoms with Gasteiger partial charge in [0.25, 0.3) is 0 Å². The molecule has 1 aromatic carbocycles. The molecular weight excluding hydrogens is 398 g/mol. The lowest BCUT2D eigenvalue weighted by Crippen LogP contribution is -2.39. The van der Waals surface area contributed by atoms with Gasteiger partial charge in [0.2, 0.25) is 11.9 Å². The Kier molecular flexibility index (Phi) is 6.59. The highest BCUT2D eigenvalue weighted by atomic mass is 32.2. The number of carbonyl (C=O) groups excluding carboxylic acids is 1. The Morgan fingerprint density at radius 3 is 2.73 bits per heavy atom. The summed E-state index contributed by atoms with van der Waals surface area (Å²) in [5, 5.41) is 6.04. The van der Waals surface area contributed by atoms with Gasteiger partial charge in [0.1, 0.15) is 5.69 Å². The first-order chi connectivity index (χ1) is 14.6. The molecule has 0 unspecified atom stereocenters. The molecule has 0 atom stereocenters. The number of nitrogens with one attached hydrogen (secondary N) is 2. The van der Waals surface area contributed by atoms with Crippen LogP contribution in [0.5, 0.6) is 0 Å². The van der Waals surface area contributed by atoms with E-state index in [-0.39, 0.29) is 18.3 Å². The lowest BCUT2D eigenvalue weighted by Gasteiger charge is -2.30. The Hall–Kier alpha value is -2.52. The lowest BCUT2D eigenvalue weighted by atomic mass is 10.1. The molecule has 0 aliphatic carbocycles. The number of hydrogen-bond donors (Lipinski definition) is 3. The quantitative estimate of drug-likeness (QED) is 0.552. The average molecular weight is 428 g/mol. The minimum absolute atomic E-state index is 0.103. The molecule has 2 aliphatic heterocycles. The van der Waals surface area contributed by atoms with Crippen molar-refractivity contribution in [2.45, 2.75) is 25.9 Å². The van der Waals surface area contributed by atoms with E-state index in [1.165, 1.54) is 31.5 Å². The summed E-state index contributed by atoms with van der Waals surface area (Å²) >= 11 is 1.75. The van der Waals surface area contributed by atoms with Gasteiger partial charge in [-0.1, -0.05) is 24.3 Å². The maximum atomic E-state index is 12.3. The number of thioether (sulfide) groups is 1. The monoisotopic (exact) mass is 427 g/mol. The molecule has 1 fully saturated rings. The van der Waals surface area contributed by atoms with Crippen LogP contribution in [0.4, 0.5) is 23.3 Å². The number of likely N-dealkylation sites (tertiary alicyclic amines) is 1. The molecule has 2 aliphatic rings. The number of anilines is 4. The summed E-state index contributed by atoms with van der Waals surface area (Å²) in [6, 6.07) is 8.59. The van der Waals surface area contributed by atoms with Crippen molar-refractivity contribution in [2.24, 2.45) is 0 Å². The SMILES string of the molecule is CSCCNc1nc(N)c2c(n1)N(Cc1cccc(CN3CCCC3)c1)CC(=O)N2. The molecule has 1 saturated heterocycles. The Balaban J connectivity index is 1.54. The van der Waals surface area contributed by atoms with E-state index in [2.05, 4.69) is 56.0 Å². The van der Waals surface area contributed by atoms with E-state index in [1.54, 1.807) is 11.8 Å². The topological polar surface area (TPSA) is 99.4 Å². The highest BCUT2D eigenvalue weighted by molar-refractivity contribution is 7.98. The van der Waals surface area contributed by atoms with E-state index in [0.29, 0.717) is 24.0 Å². The summed E-state index contributed by atoms with van der Waals surface area (Å²) in [6.07, 6.45) is 4.63. The second-order valence-electron chi connectivity index (χ2n) is 7.76. The van der Waals surface area contributed by atoms with E-state index in [9.17, 15) is 4.79 Å². The third-order valence-electron chi connectivity index (χ3n) is 5.38. The van der Waals surface area contributed by atoms with Crippen molar-refractivity contribution in [1.82, 2.24) is 14.9 Å². The fraction of sp³-hybridized carbons (Fsp3) is 0.476. The largest absolute Gasteiger partial charge is 0.382 e. The number of hydrogen-bond acceptors (Lipinski definition) is 8. The van der Waals surface area contributed by atoms with Crippen molar-refractivity contribution < 1.29 is 4.79 Å². The molecule has 0 saturated carbocycles. The fourth-order valence-electron chi connectivity index (χ4n) is 3.96. The maximum Gasteiger partial charge on any atom is 0.244 e. The fourth-order valence-corrected chi connectivity index (χ4v) is 4.27. The van der Waals surface area contributed by atoms with E-state index in [1.807, 2.05) is 4.90 Å². The van der Waals surface area contributed by atoms with Crippen LogP contribution < -0.4 is 21.3 Å². The number of aromatic nitrogens is 2. The van der Waals surface area contributed by atoms with Crippen LogP contribution in [-0.2, 0) is 17.9 Å². The van der Waals surface area contributed by atoms with Crippen LogP contribution in [0.2, 0.25) is 0 Å². The second kappa shape index (κ2) is 9.53. The van der Waals surface area contributed by atoms with Crippen molar-refractivity contribution in [1.29, 1.82) is 0 Å². The van der Waals surface area contributed by atoms with E-state index in [4.69, 9.17) is 5.73 Å². The first-order valence-corrected chi connectivity index (χ1v) is 11.8.